The smallest absolute Gasteiger partial charge is 0.332 e. The lowest BCUT2D eigenvalue weighted by molar-refractivity contribution is -0.384. The fourth-order valence-corrected chi connectivity index (χ4v) is 1.71. The molecule has 0 aliphatic rings. The molecule has 0 radical (unpaired) electrons. The zero-order valence-electron chi connectivity index (χ0n) is 11.4. The van der Waals surface area contributed by atoms with E-state index in [1.807, 2.05) is 0 Å². The van der Waals surface area contributed by atoms with Gasteiger partial charge in [0.15, 0.2) is 0 Å². The Labute approximate surface area is 125 Å². The number of nitrogens with zero attached hydrogens (tertiary/aromatic N) is 1. The second kappa shape index (κ2) is 7.39. The van der Waals surface area contributed by atoms with E-state index < -0.39 is 16.8 Å². The van der Waals surface area contributed by atoms with Crippen LogP contribution in [-0.2, 0) is 9.53 Å². The first-order valence-electron chi connectivity index (χ1n) is 5.95. The maximum atomic E-state index is 11.9. The number of carbonyl (C=O) groups is 2. The van der Waals surface area contributed by atoms with E-state index in [2.05, 4.69) is 5.32 Å². The van der Waals surface area contributed by atoms with Crippen LogP contribution in [0.4, 0.5) is 5.69 Å². The van der Waals surface area contributed by atoms with Gasteiger partial charge in [-0.05, 0) is 19.9 Å². The number of halogens is 1. The van der Waals surface area contributed by atoms with Gasteiger partial charge in [-0.1, -0.05) is 11.6 Å². The van der Waals surface area contributed by atoms with Crippen LogP contribution in [0, 0.1) is 10.1 Å². The monoisotopic (exact) mass is 312 g/mol. The SMILES string of the molecule is CCOC(=O)/C=C(\C)NC(=O)c1ccc([N+](=O)[O-])cc1Cl. The van der Waals surface area contributed by atoms with Gasteiger partial charge in [-0.2, -0.15) is 0 Å². The molecule has 8 heteroatoms. The Morgan fingerprint density at radius 1 is 1.48 bits per heavy atom. The van der Waals surface area contributed by atoms with Crippen LogP contribution in [0.15, 0.2) is 30.0 Å². The highest BCUT2D eigenvalue weighted by Crippen LogP contribution is 2.22. The average molecular weight is 313 g/mol. The number of allylic oxidation sites excluding steroid dienone is 1. The molecule has 0 spiro atoms. The van der Waals surface area contributed by atoms with Crippen LogP contribution in [0.5, 0.6) is 0 Å². The number of esters is 1. The number of rotatable bonds is 5. The van der Waals surface area contributed by atoms with E-state index in [4.69, 9.17) is 16.3 Å². The van der Waals surface area contributed by atoms with Crippen molar-refractivity contribution in [1.29, 1.82) is 0 Å². The van der Waals surface area contributed by atoms with Crippen molar-refractivity contribution in [2.24, 2.45) is 0 Å². The van der Waals surface area contributed by atoms with E-state index in [1.165, 1.54) is 19.1 Å². The van der Waals surface area contributed by atoms with Gasteiger partial charge < -0.3 is 10.1 Å². The average Bonchev–Trinajstić information content (AvgIpc) is 2.37. The van der Waals surface area contributed by atoms with Gasteiger partial charge in [-0.15, -0.1) is 0 Å². The Morgan fingerprint density at radius 3 is 2.67 bits per heavy atom. The molecule has 112 valence electrons. The molecule has 7 nitrogen and oxygen atoms in total. The molecule has 1 aromatic carbocycles. The lowest BCUT2D eigenvalue weighted by Gasteiger charge is -2.07. The Hall–Kier alpha value is -2.41. The van der Waals surface area contributed by atoms with Crippen molar-refractivity contribution >= 4 is 29.2 Å². The second-order valence-electron chi connectivity index (χ2n) is 3.95. The maximum Gasteiger partial charge on any atom is 0.332 e. The Bertz CT molecular complexity index is 613. The minimum absolute atomic E-state index is 0.0503. The zero-order chi connectivity index (χ0) is 16.0. The van der Waals surface area contributed by atoms with Crippen LogP contribution in [0.1, 0.15) is 24.2 Å². The van der Waals surface area contributed by atoms with E-state index in [-0.39, 0.29) is 28.6 Å². The summed E-state index contributed by atoms with van der Waals surface area (Å²) in [5.74, 6) is -1.15. The van der Waals surface area contributed by atoms with E-state index in [1.54, 1.807) is 6.92 Å². The molecular formula is C13H13ClN2O5. The number of carbonyl (C=O) groups excluding carboxylic acids is 2. The number of ether oxygens (including phenoxy) is 1. The quantitative estimate of drug-likeness (QED) is 0.389. The summed E-state index contributed by atoms with van der Waals surface area (Å²) in [6, 6.07) is 3.50. The molecule has 1 rings (SSSR count). The summed E-state index contributed by atoms with van der Waals surface area (Å²) < 4.78 is 4.70. The zero-order valence-corrected chi connectivity index (χ0v) is 12.1. The van der Waals surface area contributed by atoms with Crippen LogP contribution in [0.25, 0.3) is 0 Å². The van der Waals surface area contributed by atoms with Gasteiger partial charge in [-0.25, -0.2) is 4.79 Å². The summed E-state index contributed by atoms with van der Waals surface area (Å²) in [5, 5.41) is 13.0. The topological polar surface area (TPSA) is 98.5 Å². The third-order valence-electron chi connectivity index (χ3n) is 2.34. The van der Waals surface area contributed by atoms with Gasteiger partial charge in [0.05, 0.1) is 22.1 Å². The summed E-state index contributed by atoms with van der Waals surface area (Å²) in [7, 11) is 0. The first-order chi connectivity index (χ1) is 9.85. The van der Waals surface area contributed by atoms with Crippen LogP contribution < -0.4 is 5.32 Å². The van der Waals surface area contributed by atoms with Crippen molar-refractivity contribution in [2.45, 2.75) is 13.8 Å². The molecule has 0 atom stereocenters. The molecule has 0 saturated carbocycles. The molecule has 21 heavy (non-hydrogen) atoms. The predicted molar refractivity (Wildman–Crippen MR) is 76.0 cm³/mol. The Balaban J connectivity index is 2.85. The van der Waals surface area contributed by atoms with Gasteiger partial charge in [-0.3, -0.25) is 14.9 Å². The number of nitrogens with one attached hydrogen (secondary N) is 1. The van der Waals surface area contributed by atoms with Crippen molar-refractivity contribution in [3.8, 4) is 0 Å². The Kier molecular flexibility index (Phi) is 5.86. The van der Waals surface area contributed by atoms with Crippen LogP contribution in [0.3, 0.4) is 0 Å². The van der Waals surface area contributed by atoms with Gasteiger partial charge in [0, 0.05) is 23.9 Å². The van der Waals surface area contributed by atoms with Crippen LogP contribution in [0.2, 0.25) is 5.02 Å². The molecule has 0 aromatic heterocycles. The van der Waals surface area contributed by atoms with Crippen LogP contribution >= 0.6 is 11.6 Å². The minimum atomic E-state index is -0.612. The highest BCUT2D eigenvalue weighted by Gasteiger charge is 2.15. The molecule has 0 aliphatic heterocycles. The van der Waals surface area contributed by atoms with Crippen molar-refractivity contribution in [2.75, 3.05) is 6.61 Å². The Morgan fingerprint density at radius 2 is 2.14 bits per heavy atom. The molecular weight excluding hydrogens is 300 g/mol. The second-order valence-corrected chi connectivity index (χ2v) is 4.36. The van der Waals surface area contributed by atoms with Crippen LogP contribution in [-0.4, -0.2) is 23.4 Å². The minimum Gasteiger partial charge on any atom is -0.463 e. The number of nitro groups is 1. The number of hydrogen-bond acceptors (Lipinski definition) is 5. The van der Waals surface area contributed by atoms with Crippen molar-refractivity contribution < 1.29 is 19.2 Å². The normalized spacial score (nSPS) is 10.9. The number of benzene rings is 1. The third kappa shape index (κ3) is 4.88. The molecule has 0 unspecified atom stereocenters. The van der Waals surface area contributed by atoms with Gasteiger partial charge in [0.2, 0.25) is 0 Å². The van der Waals surface area contributed by atoms with Gasteiger partial charge in [0.25, 0.3) is 11.6 Å². The summed E-state index contributed by atoms with van der Waals surface area (Å²) >= 11 is 5.83. The third-order valence-corrected chi connectivity index (χ3v) is 2.65. The van der Waals surface area contributed by atoms with Gasteiger partial charge >= 0.3 is 5.97 Å². The van der Waals surface area contributed by atoms with Crippen molar-refractivity contribution in [1.82, 2.24) is 5.32 Å². The lowest BCUT2D eigenvalue weighted by atomic mass is 10.2. The highest BCUT2D eigenvalue weighted by atomic mass is 35.5. The molecule has 1 N–H and O–H groups in total. The standard InChI is InChI=1S/C13H13ClN2O5/c1-3-21-12(17)6-8(2)15-13(18)10-5-4-9(16(19)20)7-11(10)14/h4-7H,3H2,1-2H3,(H,15,18)/b8-6+. The van der Waals surface area contributed by atoms with E-state index in [0.29, 0.717) is 0 Å². The van der Waals surface area contributed by atoms with E-state index >= 15 is 0 Å². The molecule has 0 aliphatic carbocycles. The predicted octanol–water partition coefficient (Wildman–Crippen LogP) is 2.44. The molecule has 0 saturated heterocycles. The summed E-state index contributed by atoms with van der Waals surface area (Å²) in [6.07, 6.45) is 1.13. The summed E-state index contributed by atoms with van der Waals surface area (Å²) in [4.78, 5) is 33.1. The molecule has 0 bridgehead atoms. The van der Waals surface area contributed by atoms with Crippen molar-refractivity contribution in [3.63, 3.8) is 0 Å². The maximum absolute atomic E-state index is 11.9. The summed E-state index contributed by atoms with van der Waals surface area (Å²) in [5.41, 5.74) is 0.127. The highest BCUT2D eigenvalue weighted by molar-refractivity contribution is 6.34. The summed E-state index contributed by atoms with van der Waals surface area (Å²) in [6.45, 7) is 3.40. The van der Waals surface area contributed by atoms with E-state index in [0.717, 1.165) is 12.1 Å². The molecule has 1 amide bonds. The van der Waals surface area contributed by atoms with Gasteiger partial charge in [0.1, 0.15) is 0 Å². The van der Waals surface area contributed by atoms with Crippen molar-refractivity contribution in [3.05, 3.63) is 50.7 Å². The fourth-order valence-electron chi connectivity index (χ4n) is 1.44. The first-order valence-corrected chi connectivity index (χ1v) is 6.33. The molecule has 1 aromatic rings. The lowest BCUT2D eigenvalue weighted by Crippen LogP contribution is -2.22. The number of non-ortho nitro benzene ring substituents is 1. The largest absolute Gasteiger partial charge is 0.463 e. The first kappa shape index (κ1) is 16.6. The molecule has 0 heterocycles. The van der Waals surface area contributed by atoms with E-state index in [9.17, 15) is 19.7 Å². The number of hydrogen-bond donors (Lipinski definition) is 1. The number of amides is 1. The molecule has 0 fully saturated rings. The fraction of sp³-hybridized carbons (Fsp3) is 0.231. The number of nitro benzene ring substituents is 1.